The van der Waals surface area contributed by atoms with E-state index in [1.54, 1.807) is 0 Å². The Balaban J connectivity index is 1.92. The Kier molecular flexibility index (Phi) is 7.25. The second kappa shape index (κ2) is 9.24. The molecule has 1 amide bonds. The van der Waals surface area contributed by atoms with Crippen molar-refractivity contribution in [1.82, 2.24) is 0 Å². The summed E-state index contributed by atoms with van der Waals surface area (Å²) < 4.78 is 5.83. The Morgan fingerprint density at radius 1 is 1.00 bits per heavy atom. The summed E-state index contributed by atoms with van der Waals surface area (Å²) in [6, 6.07) is 15.7. The van der Waals surface area contributed by atoms with Gasteiger partial charge >= 0.3 is 0 Å². The van der Waals surface area contributed by atoms with Crippen molar-refractivity contribution in [1.29, 1.82) is 0 Å². The minimum atomic E-state index is -0.157. The molecular weight excluding hydrogens is 348 g/mol. The van der Waals surface area contributed by atoms with Crippen LogP contribution in [0.3, 0.4) is 0 Å². The SMILES string of the molecule is Cc1ccc(NC(=O)COc2ccccc2C[NH2+]C(C)(C)CC(C)(C)C)cc1. The molecule has 152 valence electrons. The van der Waals surface area contributed by atoms with Gasteiger partial charge in [-0.1, -0.05) is 50.6 Å². The first-order valence-corrected chi connectivity index (χ1v) is 9.96. The van der Waals surface area contributed by atoms with Gasteiger partial charge in [0.2, 0.25) is 0 Å². The van der Waals surface area contributed by atoms with Gasteiger partial charge in [-0.3, -0.25) is 4.79 Å². The van der Waals surface area contributed by atoms with E-state index in [-0.39, 0.29) is 23.5 Å². The van der Waals surface area contributed by atoms with Crippen LogP contribution in [-0.4, -0.2) is 18.1 Å². The van der Waals surface area contributed by atoms with Crippen LogP contribution in [0.5, 0.6) is 5.75 Å². The van der Waals surface area contributed by atoms with Crippen molar-refractivity contribution in [2.75, 3.05) is 11.9 Å². The monoisotopic (exact) mass is 383 g/mol. The number of hydrogen-bond donors (Lipinski definition) is 2. The number of carbonyl (C=O) groups excluding carboxylic acids is 1. The first-order valence-electron chi connectivity index (χ1n) is 9.96. The zero-order valence-corrected chi connectivity index (χ0v) is 18.1. The number of ether oxygens (including phenoxy) is 1. The molecule has 2 aromatic rings. The van der Waals surface area contributed by atoms with Crippen LogP contribution in [0.2, 0.25) is 0 Å². The number of benzene rings is 2. The van der Waals surface area contributed by atoms with Crippen LogP contribution in [0.4, 0.5) is 5.69 Å². The van der Waals surface area contributed by atoms with Gasteiger partial charge in [0.15, 0.2) is 6.61 Å². The van der Waals surface area contributed by atoms with E-state index in [9.17, 15) is 4.79 Å². The summed E-state index contributed by atoms with van der Waals surface area (Å²) in [7, 11) is 0. The molecule has 0 unspecified atom stereocenters. The molecule has 0 radical (unpaired) electrons. The molecule has 0 saturated heterocycles. The fourth-order valence-corrected chi connectivity index (χ4v) is 3.62. The fraction of sp³-hybridized carbons (Fsp3) is 0.458. The second-order valence-corrected chi connectivity index (χ2v) is 9.44. The molecule has 0 saturated carbocycles. The van der Waals surface area contributed by atoms with Gasteiger partial charge in [-0.05, 0) is 50.5 Å². The number of hydrogen-bond acceptors (Lipinski definition) is 2. The van der Waals surface area contributed by atoms with Crippen LogP contribution in [0.25, 0.3) is 0 Å². The van der Waals surface area contributed by atoms with Crippen LogP contribution in [0, 0.1) is 12.3 Å². The first-order chi connectivity index (χ1) is 13.0. The van der Waals surface area contributed by atoms with Gasteiger partial charge in [-0.25, -0.2) is 0 Å². The maximum absolute atomic E-state index is 12.2. The van der Waals surface area contributed by atoms with E-state index in [1.807, 2.05) is 49.4 Å². The van der Waals surface area contributed by atoms with Gasteiger partial charge in [0, 0.05) is 17.7 Å². The number of quaternary nitrogens is 1. The molecule has 0 aliphatic carbocycles. The topological polar surface area (TPSA) is 54.9 Å². The van der Waals surface area contributed by atoms with Crippen LogP contribution in [-0.2, 0) is 11.3 Å². The van der Waals surface area contributed by atoms with E-state index >= 15 is 0 Å². The predicted octanol–water partition coefficient (Wildman–Crippen LogP) is 4.29. The van der Waals surface area contributed by atoms with Gasteiger partial charge in [0.25, 0.3) is 5.91 Å². The van der Waals surface area contributed by atoms with Crippen LogP contribution in [0.15, 0.2) is 48.5 Å². The average Bonchev–Trinajstić information content (AvgIpc) is 2.59. The molecule has 2 aromatic carbocycles. The summed E-state index contributed by atoms with van der Waals surface area (Å²) in [4.78, 5) is 12.2. The molecule has 0 bridgehead atoms. The molecule has 4 nitrogen and oxygen atoms in total. The third-order valence-corrected chi connectivity index (χ3v) is 4.53. The van der Waals surface area contributed by atoms with Gasteiger partial charge in [0.05, 0.1) is 5.54 Å². The summed E-state index contributed by atoms with van der Waals surface area (Å²) in [5.41, 5.74) is 3.46. The lowest BCUT2D eigenvalue weighted by molar-refractivity contribution is -0.737. The van der Waals surface area contributed by atoms with Crippen LogP contribution >= 0.6 is 0 Å². The molecule has 0 atom stereocenters. The van der Waals surface area contributed by atoms with Crippen LogP contribution in [0.1, 0.15) is 52.2 Å². The Labute approximate surface area is 169 Å². The number of aryl methyl sites for hydroxylation is 1. The van der Waals surface area contributed by atoms with Gasteiger partial charge < -0.3 is 15.4 Å². The highest BCUT2D eigenvalue weighted by Gasteiger charge is 2.28. The Morgan fingerprint density at radius 3 is 2.29 bits per heavy atom. The molecule has 0 aliphatic rings. The van der Waals surface area contributed by atoms with Crippen molar-refractivity contribution in [3.05, 3.63) is 59.7 Å². The summed E-state index contributed by atoms with van der Waals surface area (Å²) in [6.45, 7) is 14.2. The lowest BCUT2D eigenvalue weighted by atomic mass is 9.82. The number of nitrogens with two attached hydrogens (primary N) is 1. The lowest BCUT2D eigenvalue weighted by Crippen LogP contribution is -2.94. The van der Waals surface area contributed by atoms with Crippen molar-refractivity contribution in [2.45, 2.75) is 60.0 Å². The average molecular weight is 384 g/mol. The van der Waals surface area contributed by atoms with E-state index in [0.717, 1.165) is 35.5 Å². The molecule has 0 fully saturated rings. The van der Waals surface area contributed by atoms with Gasteiger partial charge in [-0.15, -0.1) is 0 Å². The van der Waals surface area contributed by atoms with Gasteiger partial charge in [0.1, 0.15) is 12.3 Å². The van der Waals surface area contributed by atoms with Crippen molar-refractivity contribution < 1.29 is 14.8 Å². The highest BCUT2D eigenvalue weighted by Crippen LogP contribution is 2.25. The summed E-state index contributed by atoms with van der Waals surface area (Å²) in [6.07, 6.45) is 1.11. The first kappa shape index (κ1) is 22.0. The Bertz CT molecular complexity index is 774. The highest BCUT2D eigenvalue weighted by atomic mass is 16.5. The Hall–Kier alpha value is -2.33. The smallest absolute Gasteiger partial charge is 0.262 e. The Morgan fingerprint density at radius 2 is 1.64 bits per heavy atom. The number of carbonyl (C=O) groups is 1. The van der Waals surface area contributed by atoms with Crippen molar-refractivity contribution >= 4 is 11.6 Å². The van der Waals surface area contributed by atoms with Crippen molar-refractivity contribution in [3.8, 4) is 5.75 Å². The second-order valence-electron chi connectivity index (χ2n) is 9.44. The molecule has 0 spiro atoms. The lowest BCUT2D eigenvalue weighted by Gasteiger charge is -2.30. The molecule has 0 heterocycles. The van der Waals surface area contributed by atoms with E-state index in [0.29, 0.717) is 0 Å². The molecule has 0 aliphatic heterocycles. The number of nitrogens with one attached hydrogen (secondary N) is 1. The third kappa shape index (κ3) is 7.73. The van der Waals surface area contributed by atoms with Gasteiger partial charge in [-0.2, -0.15) is 0 Å². The molecule has 0 aromatic heterocycles. The fourth-order valence-electron chi connectivity index (χ4n) is 3.62. The predicted molar refractivity (Wildman–Crippen MR) is 116 cm³/mol. The number of anilines is 1. The summed E-state index contributed by atoms with van der Waals surface area (Å²) >= 11 is 0. The molecule has 3 N–H and O–H groups in total. The van der Waals surface area contributed by atoms with E-state index < -0.39 is 0 Å². The number of para-hydroxylation sites is 1. The van der Waals surface area contributed by atoms with Crippen molar-refractivity contribution in [2.24, 2.45) is 5.41 Å². The zero-order chi connectivity index (χ0) is 20.8. The molecule has 4 heteroatoms. The molecular formula is C24H35N2O2+. The molecule has 2 rings (SSSR count). The minimum absolute atomic E-state index is 0.00370. The minimum Gasteiger partial charge on any atom is -0.483 e. The van der Waals surface area contributed by atoms with E-state index in [4.69, 9.17) is 4.74 Å². The highest BCUT2D eigenvalue weighted by molar-refractivity contribution is 5.91. The third-order valence-electron chi connectivity index (χ3n) is 4.53. The maximum atomic E-state index is 12.2. The maximum Gasteiger partial charge on any atom is 0.262 e. The van der Waals surface area contributed by atoms with Crippen molar-refractivity contribution in [3.63, 3.8) is 0 Å². The summed E-state index contributed by atoms with van der Waals surface area (Å²) in [5.74, 6) is 0.611. The van der Waals surface area contributed by atoms with E-state index in [1.165, 1.54) is 0 Å². The number of amides is 1. The zero-order valence-electron chi connectivity index (χ0n) is 18.1. The number of rotatable bonds is 8. The van der Waals surface area contributed by atoms with Crippen LogP contribution < -0.4 is 15.4 Å². The quantitative estimate of drug-likeness (QED) is 0.714. The van der Waals surface area contributed by atoms with E-state index in [2.05, 4.69) is 51.3 Å². The largest absolute Gasteiger partial charge is 0.483 e. The molecule has 28 heavy (non-hydrogen) atoms. The standard InChI is InChI=1S/C24H34N2O2/c1-18-11-13-20(14-12-18)26-22(27)16-28-21-10-8-7-9-19(21)15-25-24(5,6)17-23(2,3)4/h7-14,25H,15-17H2,1-6H3,(H,26,27)/p+1. The normalized spacial score (nSPS) is 11.9. The summed E-state index contributed by atoms with van der Waals surface area (Å²) in [5, 5.41) is 5.22.